The summed E-state index contributed by atoms with van der Waals surface area (Å²) in [5.74, 6) is 1.76. The maximum Gasteiger partial charge on any atom is 0.167 e. The van der Waals surface area contributed by atoms with Crippen LogP contribution in [0.1, 0.15) is 0 Å². The topological polar surface area (TPSA) is 51.8 Å². The molecule has 0 aliphatic rings. The fourth-order valence-electron chi connectivity index (χ4n) is 7.81. The van der Waals surface area contributed by atoms with Gasteiger partial charge in [0.1, 0.15) is 11.2 Å². The van der Waals surface area contributed by atoms with Crippen molar-refractivity contribution in [3.8, 4) is 67.5 Å². The minimum atomic E-state index is 0.559. The summed E-state index contributed by atoms with van der Waals surface area (Å²) in [7, 11) is 0. The van der Waals surface area contributed by atoms with Crippen LogP contribution in [0.5, 0.6) is 0 Å². The molecular weight excluding hydrogens is 703 g/mol. The molecule has 262 valence electrons. The van der Waals surface area contributed by atoms with Crippen LogP contribution in [0.3, 0.4) is 0 Å². The first-order valence-electron chi connectivity index (χ1n) is 18.7. The van der Waals surface area contributed by atoms with E-state index in [2.05, 4.69) is 152 Å². The molecule has 11 aromatic rings. The number of para-hydroxylation sites is 2. The molecule has 0 fully saturated rings. The molecule has 11 rings (SSSR count). The second kappa shape index (κ2) is 13.3. The summed E-state index contributed by atoms with van der Waals surface area (Å²) < 4.78 is 8.97. The first-order chi connectivity index (χ1) is 27.7. The van der Waals surface area contributed by atoms with Crippen LogP contribution in [-0.2, 0) is 0 Å². The number of nitrogens with zero attached hydrogens (tertiary/aromatic N) is 3. The van der Waals surface area contributed by atoms with E-state index in [1.54, 1.807) is 0 Å². The van der Waals surface area contributed by atoms with Crippen LogP contribution in [0.25, 0.3) is 110 Å². The molecule has 5 heteroatoms. The van der Waals surface area contributed by atoms with Crippen molar-refractivity contribution in [1.82, 2.24) is 15.0 Å². The van der Waals surface area contributed by atoms with E-state index >= 15 is 0 Å². The van der Waals surface area contributed by atoms with Crippen molar-refractivity contribution in [1.29, 1.82) is 0 Å². The highest BCUT2D eigenvalue weighted by atomic mass is 32.1. The lowest BCUT2D eigenvalue weighted by atomic mass is 9.96. The van der Waals surface area contributed by atoms with Gasteiger partial charge in [0.25, 0.3) is 0 Å². The zero-order valence-corrected chi connectivity index (χ0v) is 30.9. The highest BCUT2D eigenvalue weighted by molar-refractivity contribution is 7.26. The van der Waals surface area contributed by atoms with Crippen LogP contribution in [0.15, 0.2) is 192 Å². The van der Waals surface area contributed by atoms with Gasteiger partial charge in [-0.25, -0.2) is 15.0 Å². The summed E-state index contributed by atoms with van der Waals surface area (Å²) in [5, 5.41) is 4.56. The molecule has 0 aliphatic carbocycles. The number of furan rings is 1. The van der Waals surface area contributed by atoms with Crippen molar-refractivity contribution in [3.63, 3.8) is 0 Å². The fourth-order valence-corrected chi connectivity index (χ4v) is 9.09. The number of aromatic nitrogens is 3. The Hall–Kier alpha value is -7.21. The van der Waals surface area contributed by atoms with Gasteiger partial charge >= 0.3 is 0 Å². The Morgan fingerprint density at radius 1 is 0.339 bits per heavy atom. The Morgan fingerprint density at radius 2 is 0.893 bits per heavy atom. The van der Waals surface area contributed by atoms with Crippen LogP contribution in [-0.4, -0.2) is 15.0 Å². The van der Waals surface area contributed by atoms with E-state index in [0.717, 1.165) is 60.9 Å². The molecule has 0 atom stereocenters. The highest BCUT2D eigenvalue weighted by Gasteiger charge is 2.20. The molecular formula is C51H31N3OS. The lowest BCUT2D eigenvalue weighted by Gasteiger charge is -2.12. The number of hydrogen-bond acceptors (Lipinski definition) is 5. The Morgan fingerprint density at radius 3 is 1.61 bits per heavy atom. The summed E-state index contributed by atoms with van der Waals surface area (Å²) in [6, 6.07) is 65.7. The minimum Gasteiger partial charge on any atom is -0.455 e. The Kier molecular flexibility index (Phi) is 7.64. The van der Waals surface area contributed by atoms with Gasteiger partial charge in [0.05, 0.1) is 5.56 Å². The molecule has 4 nitrogen and oxygen atoms in total. The number of hydrogen-bond donors (Lipinski definition) is 0. The maximum absolute atomic E-state index is 6.52. The van der Waals surface area contributed by atoms with E-state index < -0.39 is 0 Å². The van der Waals surface area contributed by atoms with Crippen molar-refractivity contribution < 1.29 is 4.42 Å². The SMILES string of the molecule is c1ccc(-c2cc(-c3ccccc3)cc(-c3nc(-c4ccc5c(c4)sc4c(-c6ccccc6)cccc45)nc(-c4cccc5c4oc4ccccc45)n3)c2)cc1. The fraction of sp³-hybridized carbons (Fsp3) is 0. The number of rotatable bonds is 6. The zero-order chi connectivity index (χ0) is 37.0. The Labute approximate surface area is 327 Å². The summed E-state index contributed by atoms with van der Waals surface area (Å²) in [4.78, 5) is 15.8. The van der Waals surface area contributed by atoms with E-state index in [-0.39, 0.29) is 0 Å². The van der Waals surface area contributed by atoms with Gasteiger partial charge in [-0.15, -0.1) is 11.3 Å². The predicted octanol–water partition coefficient (Wildman–Crippen LogP) is 14.1. The number of fused-ring (bicyclic) bond motifs is 6. The molecule has 0 saturated carbocycles. The molecule has 0 radical (unpaired) electrons. The third-order valence-corrected chi connectivity index (χ3v) is 11.7. The van der Waals surface area contributed by atoms with Crippen molar-refractivity contribution in [2.75, 3.05) is 0 Å². The van der Waals surface area contributed by atoms with E-state index in [0.29, 0.717) is 17.5 Å². The summed E-state index contributed by atoms with van der Waals surface area (Å²) >= 11 is 1.81. The van der Waals surface area contributed by atoms with Crippen LogP contribution in [0, 0.1) is 0 Å². The van der Waals surface area contributed by atoms with E-state index in [9.17, 15) is 0 Å². The second-order valence-corrected chi connectivity index (χ2v) is 15.0. The van der Waals surface area contributed by atoms with Crippen molar-refractivity contribution in [2.24, 2.45) is 0 Å². The molecule has 56 heavy (non-hydrogen) atoms. The third kappa shape index (κ3) is 5.56. The molecule has 0 amide bonds. The normalized spacial score (nSPS) is 11.6. The summed E-state index contributed by atoms with van der Waals surface area (Å²) in [5.41, 5.74) is 11.1. The molecule has 0 bridgehead atoms. The first kappa shape index (κ1) is 32.2. The van der Waals surface area contributed by atoms with Crippen LogP contribution < -0.4 is 0 Å². The summed E-state index contributed by atoms with van der Waals surface area (Å²) in [6.07, 6.45) is 0. The molecule has 8 aromatic carbocycles. The quantitative estimate of drug-likeness (QED) is 0.171. The van der Waals surface area contributed by atoms with E-state index in [1.807, 2.05) is 47.7 Å². The number of thiophene rings is 1. The van der Waals surface area contributed by atoms with Gasteiger partial charge in [0.2, 0.25) is 0 Å². The molecule has 3 aromatic heterocycles. The van der Waals surface area contributed by atoms with E-state index in [4.69, 9.17) is 19.4 Å². The zero-order valence-electron chi connectivity index (χ0n) is 30.1. The smallest absolute Gasteiger partial charge is 0.167 e. The van der Waals surface area contributed by atoms with Gasteiger partial charge in [0.15, 0.2) is 17.5 Å². The van der Waals surface area contributed by atoms with E-state index in [1.165, 1.54) is 31.3 Å². The molecule has 0 saturated heterocycles. The van der Waals surface area contributed by atoms with Gasteiger partial charge in [-0.1, -0.05) is 152 Å². The van der Waals surface area contributed by atoms with Crippen LogP contribution >= 0.6 is 11.3 Å². The molecule has 3 heterocycles. The molecule has 0 N–H and O–H groups in total. The second-order valence-electron chi connectivity index (χ2n) is 14.0. The van der Waals surface area contributed by atoms with Gasteiger partial charge < -0.3 is 4.42 Å². The maximum atomic E-state index is 6.52. The molecule has 0 unspecified atom stereocenters. The first-order valence-corrected chi connectivity index (χ1v) is 19.5. The largest absolute Gasteiger partial charge is 0.455 e. The van der Waals surface area contributed by atoms with Gasteiger partial charge in [-0.2, -0.15) is 0 Å². The highest BCUT2D eigenvalue weighted by Crippen LogP contribution is 2.42. The summed E-state index contributed by atoms with van der Waals surface area (Å²) in [6.45, 7) is 0. The lowest BCUT2D eigenvalue weighted by molar-refractivity contribution is 0.669. The standard InChI is InChI=1S/C51H31N3OS/c1-4-14-32(15-5-1)36-28-37(33-16-6-2-7-17-33)30-38(29-36)50-52-49(53-51(54-50)44-24-13-22-42-40-20-10-11-25-45(40)55-47(42)44)35-26-27-41-43-23-12-21-39(34-18-8-3-9-19-34)48(43)56-46(41)31-35/h1-31H. The predicted molar refractivity (Wildman–Crippen MR) is 233 cm³/mol. The van der Waals surface area contributed by atoms with Gasteiger partial charge in [0, 0.05) is 42.1 Å². The average molecular weight is 734 g/mol. The monoisotopic (exact) mass is 733 g/mol. The van der Waals surface area contributed by atoms with Crippen LogP contribution in [0.2, 0.25) is 0 Å². The molecule has 0 spiro atoms. The van der Waals surface area contributed by atoms with Gasteiger partial charge in [-0.3, -0.25) is 0 Å². The number of benzene rings is 8. The Bertz CT molecular complexity index is 3180. The Balaban J connectivity index is 1.14. The lowest BCUT2D eigenvalue weighted by Crippen LogP contribution is -2.01. The van der Waals surface area contributed by atoms with Crippen molar-refractivity contribution in [3.05, 3.63) is 188 Å². The molecule has 0 aliphatic heterocycles. The minimum absolute atomic E-state index is 0.559. The average Bonchev–Trinajstić information content (AvgIpc) is 3.85. The van der Waals surface area contributed by atoms with Crippen molar-refractivity contribution in [2.45, 2.75) is 0 Å². The van der Waals surface area contributed by atoms with Gasteiger partial charge in [-0.05, 0) is 69.8 Å². The third-order valence-electron chi connectivity index (χ3n) is 10.5. The van der Waals surface area contributed by atoms with Crippen molar-refractivity contribution >= 4 is 53.4 Å². The van der Waals surface area contributed by atoms with Crippen LogP contribution in [0.4, 0.5) is 0 Å².